The molecule has 29 heavy (non-hydrogen) atoms. The quantitative estimate of drug-likeness (QED) is 0.749. The Labute approximate surface area is 170 Å². The first kappa shape index (κ1) is 17.7. The second-order valence-electron chi connectivity index (χ2n) is 7.62. The number of para-hydroxylation sites is 1. The van der Waals surface area contributed by atoms with E-state index in [4.69, 9.17) is 0 Å². The largest absolute Gasteiger partial charge is 0.356 e. The van der Waals surface area contributed by atoms with Crippen LogP contribution in [0.1, 0.15) is 24.1 Å². The maximum Gasteiger partial charge on any atom is 0.318 e. The normalized spacial score (nSPS) is 16.7. The number of urea groups is 1. The van der Waals surface area contributed by atoms with Crippen LogP contribution >= 0.6 is 0 Å². The summed E-state index contributed by atoms with van der Waals surface area (Å²) in [6, 6.07) is 16.3. The number of hydrogen-bond acceptors (Lipinski definition) is 4. The molecule has 2 aromatic heterocycles. The highest BCUT2D eigenvalue weighted by atomic mass is 16.2. The number of hydrogen-bond donors (Lipinski definition) is 1. The minimum atomic E-state index is 0.0112. The van der Waals surface area contributed by atoms with Gasteiger partial charge in [-0.25, -0.2) is 14.5 Å². The summed E-state index contributed by atoms with van der Waals surface area (Å²) in [5, 5.41) is 7.73. The molecule has 0 bridgehead atoms. The highest BCUT2D eigenvalue weighted by Gasteiger charge is 2.29. The van der Waals surface area contributed by atoms with Crippen LogP contribution in [0.2, 0.25) is 0 Å². The van der Waals surface area contributed by atoms with Crippen molar-refractivity contribution < 1.29 is 4.79 Å². The van der Waals surface area contributed by atoms with Gasteiger partial charge in [0.1, 0.15) is 5.82 Å². The van der Waals surface area contributed by atoms with Crippen LogP contribution in [-0.4, -0.2) is 44.8 Å². The van der Waals surface area contributed by atoms with E-state index >= 15 is 0 Å². The van der Waals surface area contributed by atoms with E-state index in [0.29, 0.717) is 13.1 Å². The van der Waals surface area contributed by atoms with Crippen molar-refractivity contribution in [3.05, 3.63) is 72.2 Å². The van der Waals surface area contributed by atoms with Crippen LogP contribution in [0.15, 0.2) is 60.9 Å². The number of aromatic nitrogens is 3. The Hall–Kier alpha value is -3.35. The Morgan fingerprint density at radius 3 is 2.55 bits per heavy atom. The molecule has 2 aliphatic heterocycles. The van der Waals surface area contributed by atoms with Gasteiger partial charge in [-0.3, -0.25) is 0 Å². The van der Waals surface area contributed by atoms with Crippen molar-refractivity contribution in [2.24, 2.45) is 0 Å². The van der Waals surface area contributed by atoms with Gasteiger partial charge in [-0.1, -0.05) is 24.3 Å². The Kier molecular flexibility index (Phi) is 4.63. The number of fused-ring (bicyclic) bond motifs is 1. The Balaban J connectivity index is 1.18. The van der Waals surface area contributed by atoms with Crippen LogP contribution in [0, 0.1) is 0 Å². The average molecular weight is 388 g/mol. The van der Waals surface area contributed by atoms with Crippen molar-refractivity contribution in [3.8, 4) is 5.69 Å². The molecule has 7 heteroatoms. The summed E-state index contributed by atoms with van der Waals surface area (Å²) in [6.07, 6.45) is 5.56. The molecule has 5 rings (SSSR count). The fourth-order valence-corrected chi connectivity index (χ4v) is 4.15. The topological polar surface area (TPSA) is 66.3 Å². The first-order valence-electron chi connectivity index (χ1n) is 10.1. The zero-order chi connectivity index (χ0) is 19.6. The van der Waals surface area contributed by atoms with E-state index in [9.17, 15) is 4.79 Å². The van der Waals surface area contributed by atoms with E-state index in [1.54, 1.807) is 0 Å². The summed E-state index contributed by atoms with van der Waals surface area (Å²) in [4.78, 5) is 21.4. The highest BCUT2D eigenvalue weighted by Crippen LogP contribution is 2.25. The first-order chi connectivity index (χ1) is 14.3. The number of nitrogens with zero attached hydrogens (tertiary/aromatic N) is 5. The van der Waals surface area contributed by atoms with Crippen molar-refractivity contribution >= 4 is 11.8 Å². The van der Waals surface area contributed by atoms with Crippen LogP contribution in [0.3, 0.4) is 0 Å². The predicted molar refractivity (Wildman–Crippen MR) is 111 cm³/mol. The second kappa shape index (κ2) is 7.58. The first-order valence-corrected chi connectivity index (χ1v) is 10.1. The minimum absolute atomic E-state index is 0.0112. The van der Waals surface area contributed by atoms with Crippen molar-refractivity contribution in [1.82, 2.24) is 25.0 Å². The van der Waals surface area contributed by atoms with E-state index in [0.717, 1.165) is 48.7 Å². The second-order valence-corrected chi connectivity index (χ2v) is 7.62. The lowest BCUT2D eigenvalue weighted by Gasteiger charge is -2.33. The van der Waals surface area contributed by atoms with Gasteiger partial charge in [0.15, 0.2) is 0 Å². The summed E-state index contributed by atoms with van der Waals surface area (Å²) in [7, 11) is 0. The van der Waals surface area contributed by atoms with Gasteiger partial charge < -0.3 is 15.1 Å². The third-order valence-corrected chi connectivity index (χ3v) is 5.74. The number of anilines is 1. The molecule has 0 aliphatic carbocycles. The van der Waals surface area contributed by atoms with Gasteiger partial charge in [-0.2, -0.15) is 5.10 Å². The Morgan fingerprint density at radius 2 is 1.79 bits per heavy atom. The van der Waals surface area contributed by atoms with E-state index in [1.165, 1.54) is 0 Å². The monoisotopic (exact) mass is 388 g/mol. The molecule has 1 N–H and O–H groups in total. The molecule has 7 nitrogen and oxygen atoms in total. The standard InChI is InChI=1S/C22H24N6O/c29-22(25-18-9-12-26(13-10-18)21-8-4-5-11-23-21)27-15-17-14-24-28(20(17)16-27)19-6-2-1-3-7-19/h1-8,11,14,18H,9-10,12-13,15-16H2,(H,25,29). The lowest BCUT2D eigenvalue weighted by atomic mass is 10.1. The molecular weight excluding hydrogens is 364 g/mol. The molecule has 0 radical (unpaired) electrons. The number of amides is 2. The maximum absolute atomic E-state index is 12.8. The lowest BCUT2D eigenvalue weighted by molar-refractivity contribution is 0.191. The Morgan fingerprint density at radius 1 is 1.00 bits per heavy atom. The molecule has 1 aromatic carbocycles. The number of carbonyl (C=O) groups excluding carboxylic acids is 1. The van der Waals surface area contributed by atoms with E-state index in [1.807, 2.05) is 70.5 Å². The summed E-state index contributed by atoms with van der Waals surface area (Å²) < 4.78 is 1.94. The molecule has 0 spiro atoms. The van der Waals surface area contributed by atoms with Gasteiger partial charge in [0.05, 0.1) is 30.7 Å². The van der Waals surface area contributed by atoms with Gasteiger partial charge in [0.2, 0.25) is 0 Å². The maximum atomic E-state index is 12.8. The molecule has 0 atom stereocenters. The number of piperidine rings is 1. The number of benzene rings is 1. The van der Waals surface area contributed by atoms with Crippen LogP contribution in [0.25, 0.3) is 5.69 Å². The predicted octanol–water partition coefficient (Wildman–Crippen LogP) is 2.96. The summed E-state index contributed by atoms with van der Waals surface area (Å²) in [5.74, 6) is 1.01. The molecule has 3 aromatic rings. The highest BCUT2D eigenvalue weighted by molar-refractivity contribution is 5.75. The van der Waals surface area contributed by atoms with Gasteiger partial charge in [-0.15, -0.1) is 0 Å². The van der Waals surface area contributed by atoms with Crippen LogP contribution in [0.5, 0.6) is 0 Å². The summed E-state index contributed by atoms with van der Waals surface area (Å²) in [6.45, 7) is 3.01. The molecule has 2 aliphatic rings. The number of pyridine rings is 1. The van der Waals surface area contributed by atoms with Gasteiger partial charge in [0, 0.05) is 30.9 Å². The Bertz CT molecular complexity index is 979. The van der Waals surface area contributed by atoms with Crippen molar-refractivity contribution in [2.75, 3.05) is 18.0 Å². The fourth-order valence-electron chi connectivity index (χ4n) is 4.15. The number of nitrogens with one attached hydrogen (secondary N) is 1. The van der Waals surface area contributed by atoms with E-state index < -0.39 is 0 Å². The van der Waals surface area contributed by atoms with Crippen LogP contribution in [0.4, 0.5) is 10.6 Å². The summed E-state index contributed by atoms with van der Waals surface area (Å²) >= 11 is 0. The average Bonchev–Trinajstić information content (AvgIpc) is 3.37. The van der Waals surface area contributed by atoms with Gasteiger partial charge >= 0.3 is 6.03 Å². The smallest absolute Gasteiger partial charge is 0.318 e. The summed E-state index contributed by atoms with van der Waals surface area (Å²) in [5.41, 5.74) is 3.24. The molecule has 2 amide bonds. The van der Waals surface area contributed by atoms with Crippen molar-refractivity contribution in [3.63, 3.8) is 0 Å². The van der Waals surface area contributed by atoms with Gasteiger partial charge in [0.25, 0.3) is 0 Å². The molecule has 1 saturated heterocycles. The number of carbonyl (C=O) groups is 1. The van der Waals surface area contributed by atoms with Crippen molar-refractivity contribution in [1.29, 1.82) is 0 Å². The molecule has 0 unspecified atom stereocenters. The fraction of sp³-hybridized carbons (Fsp3) is 0.318. The molecule has 1 fully saturated rings. The zero-order valence-corrected chi connectivity index (χ0v) is 16.2. The number of rotatable bonds is 3. The van der Waals surface area contributed by atoms with Crippen molar-refractivity contribution in [2.45, 2.75) is 32.0 Å². The molecular formula is C22H24N6O. The van der Waals surface area contributed by atoms with Crippen LogP contribution < -0.4 is 10.2 Å². The SMILES string of the molecule is O=C(NC1CCN(c2ccccn2)CC1)N1Cc2cnn(-c3ccccc3)c2C1. The molecule has 4 heterocycles. The third kappa shape index (κ3) is 3.55. The lowest BCUT2D eigenvalue weighted by Crippen LogP contribution is -2.48. The van der Waals surface area contributed by atoms with E-state index in [2.05, 4.69) is 20.3 Å². The van der Waals surface area contributed by atoms with E-state index in [-0.39, 0.29) is 12.1 Å². The zero-order valence-electron chi connectivity index (χ0n) is 16.2. The van der Waals surface area contributed by atoms with Crippen LogP contribution in [-0.2, 0) is 13.1 Å². The minimum Gasteiger partial charge on any atom is -0.356 e. The molecule has 148 valence electrons. The molecule has 0 saturated carbocycles. The third-order valence-electron chi connectivity index (χ3n) is 5.74. The van der Waals surface area contributed by atoms with Gasteiger partial charge in [-0.05, 0) is 37.1 Å².